The Morgan fingerprint density at radius 3 is 3.08 bits per heavy atom. The minimum Gasteiger partial charge on any atom is -0.382 e. The smallest absolute Gasteiger partial charge is 0.182 e. The summed E-state index contributed by atoms with van der Waals surface area (Å²) in [5, 5.41) is 20.6. The molecule has 1 saturated heterocycles. The van der Waals surface area contributed by atoms with Gasteiger partial charge in [0, 0.05) is 13.7 Å². The Balaban J connectivity index is 2.12. The van der Waals surface area contributed by atoms with Crippen LogP contribution in [-0.2, 0) is 11.8 Å². The Bertz CT molecular complexity index is 282. The Morgan fingerprint density at radius 1 is 1.69 bits per heavy atom. The Hall–Kier alpha value is -1.01. The lowest BCUT2D eigenvalue weighted by atomic mass is 10.1. The van der Waals surface area contributed by atoms with Gasteiger partial charge in [-0.2, -0.15) is 0 Å². The second kappa shape index (κ2) is 3.39. The van der Waals surface area contributed by atoms with Crippen molar-refractivity contribution in [2.24, 2.45) is 7.05 Å². The van der Waals surface area contributed by atoms with Crippen molar-refractivity contribution in [3.05, 3.63) is 5.82 Å². The number of nitrogens with zero attached hydrogens (tertiary/aromatic N) is 4. The summed E-state index contributed by atoms with van der Waals surface area (Å²) in [6.45, 7) is 0.715. The molecule has 0 aromatic carbocycles. The van der Waals surface area contributed by atoms with E-state index in [9.17, 15) is 5.11 Å². The molecule has 72 valence electrons. The lowest BCUT2D eigenvalue weighted by Crippen LogP contribution is -2.20. The minimum absolute atomic E-state index is 0.148. The van der Waals surface area contributed by atoms with Crippen LogP contribution in [0.2, 0.25) is 0 Å². The van der Waals surface area contributed by atoms with Crippen LogP contribution in [0.25, 0.3) is 0 Å². The van der Waals surface area contributed by atoms with E-state index < -0.39 is 6.10 Å². The van der Waals surface area contributed by atoms with E-state index in [1.165, 1.54) is 4.68 Å². The molecule has 0 spiro atoms. The molecule has 1 aromatic heterocycles. The molecule has 2 rings (SSSR count). The van der Waals surface area contributed by atoms with Gasteiger partial charge < -0.3 is 9.84 Å². The lowest BCUT2D eigenvalue weighted by molar-refractivity contribution is -0.00881. The highest BCUT2D eigenvalue weighted by atomic mass is 16.5. The third kappa shape index (κ3) is 1.54. The maximum Gasteiger partial charge on any atom is 0.182 e. The molecule has 2 heterocycles. The van der Waals surface area contributed by atoms with Gasteiger partial charge in [-0.05, 0) is 23.3 Å². The van der Waals surface area contributed by atoms with Crippen molar-refractivity contribution in [1.82, 2.24) is 20.2 Å². The normalized spacial score (nSPS) is 24.9. The predicted octanol–water partition coefficient (Wildman–Crippen LogP) is -0.578. The van der Waals surface area contributed by atoms with E-state index in [0.29, 0.717) is 12.4 Å². The molecule has 1 fully saturated rings. The molecule has 13 heavy (non-hydrogen) atoms. The number of tetrazole rings is 1. The van der Waals surface area contributed by atoms with Gasteiger partial charge in [0.1, 0.15) is 6.10 Å². The van der Waals surface area contributed by atoms with Crippen LogP contribution in [0.1, 0.15) is 24.8 Å². The Morgan fingerprint density at radius 2 is 2.54 bits per heavy atom. The van der Waals surface area contributed by atoms with Gasteiger partial charge in [0.15, 0.2) is 5.82 Å². The third-order valence-corrected chi connectivity index (χ3v) is 2.23. The summed E-state index contributed by atoms with van der Waals surface area (Å²) >= 11 is 0. The molecule has 0 bridgehead atoms. The zero-order valence-electron chi connectivity index (χ0n) is 7.42. The van der Waals surface area contributed by atoms with Crippen LogP contribution in [0.4, 0.5) is 0 Å². The van der Waals surface area contributed by atoms with Gasteiger partial charge in [-0.3, -0.25) is 0 Å². The molecule has 1 aromatic rings. The van der Waals surface area contributed by atoms with E-state index in [-0.39, 0.29) is 6.10 Å². The zero-order valence-corrected chi connectivity index (χ0v) is 7.42. The Labute approximate surface area is 75.5 Å². The van der Waals surface area contributed by atoms with Gasteiger partial charge in [-0.15, -0.1) is 5.10 Å². The molecule has 6 heteroatoms. The van der Waals surface area contributed by atoms with Gasteiger partial charge in [-0.1, -0.05) is 0 Å². The van der Waals surface area contributed by atoms with Crippen LogP contribution in [0.15, 0.2) is 0 Å². The van der Waals surface area contributed by atoms with E-state index in [4.69, 9.17) is 4.74 Å². The topological polar surface area (TPSA) is 73.1 Å². The molecule has 1 N–H and O–H groups in total. The molecule has 6 nitrogen and oxygen atoms in total. The average molecular weight is 184 g/mol. The molecule has 2 atom stereocenters. The fourth-order valence-corrected chi connectivity index (χ4v) is 1.50. The van der Waals surface area contributed by atoms with Gasteiger partial charge in [0.05, 0.1) is 6.10 Å². The molecular formula is C7H12N4O2. The van der Waals surface area contributed by atoms with E-state index in [1.807, 2.05) is 0 Å². The van der Waals surface area contributed by atoms with E-state index in [2.05, 4.69) is 15.5 Å². The summed E-state index contributed by atoms with van der Waals surface area (Å²) in [6.07, 6.45) is 1.01. The summed E-state index contributed by atoms with van der Waals surface area (Å²) in [7, 11) is 1.70. The second-order valence-corrected chi connectivity index (χ2v) is 3.16. The summed E-state index contributed by atoms with van der Waals surface area (Å²) in [6, 6.07) is 0. The fraction of sp³-hybridized carbons (Fsp3) is 0.857. The summed E-state index contributed by atoms with van der Waals surface area (Å²) in [5.41, 5.74) is 0. The predicted molar refractivity (Wildman–Crippen MR) is 42.7 cm³/mol. The van der Waals surface area contributed by atoms with E-state index >= 15 is 0 Å². The number of aliphatic hydroxyl groups is 1. The van der Waals surface area contributed by atoms with Crippen LogP contribution in [0, 0.1) is 0 Å². The molecule has 1 aliphatic heterocycles. The zero-order chi connectivity index (χ0) is 9.26. The number of aromatic nitrogens is 4. The monoisotopic (exact) mass is 184 g/mol. The van der Waals surface area contributed by atoms with Crippen LogP contribution >= 0.6 is 0 Å². The highest BCUT2D eigenvalue weighted by Crippen LogP contribution is 2.24. The van der Waals surface area contributed by atoms with E-state index in [1.54, 1.807) is 7.05 Å². The average Bonchev–Trinajstić information content (AvgIpc) is 2.72. The van der Waals surface area contributed by atoms with Gasteiger partial charge in [-0.25, -0.2) is 4.68 Å². The fourth-order valence-electron chi connectivity index (χ4n) is 1.50. The van der Waals surface area contributed by atoms with Crippen molar-refractivity contribution >= 4 is 0 Å². The number of aryl methyl sites for hydroxylation is 1. The summed E-state index contributed by atoms with van der Waals surface area (Å²) in [4.78, 5) is 0. The second-order valence-electron chi connectivity index (χ2n) is 3.16. The van der Waals surface area contributed by atoms with Gasteiger partial charge >= 0.3 is 0 Å². The van der Waals surface area contributed by atoms with Gasteiger partial charge in [0.25, 0.3) is 0 Å². The first-order chi connectivity index (χ1) is 6.29. The largest absolute Gasteiger partial charge is 0.382 e. The van der Waals surface area contributed by atoms with Crippen LogP contribution in [0.3, 0.4) is 0 Å². The van der Waals surface area contributed by atoms with Crippen LogP contribution in [-0.4, -0.2) is 38.0 Å². The molecule has 2 unspecified atom stereocenters. The standard InChI is InChI=1S/C7H12N4O2/c1-11-7(8-9-10-11)6(12)5-3-2-4-13-5/h5-6,12H,2-4H2,1H3. The summed E-state index contributed by atoms with van der Waals surface area (Å²) < 4.78 is 6.80. The first-order valence-corrected chi connectivity index (χ1v) is 4.31. The molecule has 0 amide bonds. The summed E-state index contributed by atoms with van der Waals surface area (Å²) in [5.74, 6) is 0.465. The number of hydrogen-bond acceptors (Lipinski definition) is 5. The minimum atomic E-state index is -0.706. The maximum absolute atomic E-state index is 9.80. The van der Waals surface area contributed by atoms with Gasteiger partial charge in [0.2, 0.25) is 0 Å². The number of aliphatic hydroxyl groups excluding tert-OH is 1. The van der Waals surface area contributed by atoms with E-state index in [0.717, 1.165) is 12.8 Å². The highest BCUT2D eigenvalue weighted by Gasteiger charge is 2.28. The van der Waals surface area contributed by atoms with Crippen molar-refractivity contribution in [1.29, 1.82) is 0 Å². The third-order valence-electron chi connectivity index (χ3n) is 2.23. The number of hydrogen-bond donors (Lipinski definition) is 1. The SMILES string of the molecule is Cn1nnnc1C(O)C1CCCO1. The number of ether oxygens (including phenoxy) is 1. The van der Waals surface area contributed by atoms with Crippen LogP contribution in [0.5, 0.6) is 0 Å². The quantitative estimate of drug-likeness (QED) is 0.665. The van der Waals surface area contributed by atoms with Crippen molar-refractivity contribution in [3.8, 4) is 0 Å². The lowest BCUT2D eigenvalue weighted by Gasteiger charge is -2.14. The van der Waals surface area contributed by atoms with Crippen molar-refractivity contribution in [2.75, 3.05) is 6.61 Å². The first kappa shape index (κ1) is 8.58. The molecule has 1 aliphatic rings. The van der Waals surface area contributed by atoms with Crippen molar-refractivity contribution in [3.63, 3.8) is 0 Å². The molecule has 0 saturated carbocycles. The number of rotatable bonds is 2. The van der Waals surface area contributed by atoms with Crippen LogP contribution < -0.4 is 0 Å². The molecule has 0 radical (unpaired) electrons. The maximum atomic E-state index is 9.80. The van der Waals surface area contributed by atoms with Crippen molar-refractivity contribution in [2.45, 2.75) is 25.0 Å². The van der Waals surface area contributed by atoms with Crippen molar-refractivity contribution < 1.29 is 9.84 Å². The molecule has 0 aliphatic carbocycles. The molecular weight excluding hydrogens is 172 g/mol. The Kier molecular flexibility index (Phi) is 2.24. The first-order valence-electron chi connectivity index (χ1n) is 4.31. The highest BCUT2D eigenvalue weighted by molar-refractivity contribution is 4.92.